The predicted molar refractivity (Wildman–Crippen MR) is 138 cm³/mol. The van der Waals surface area contributed by atoms with Gasteiger partial charge >= 0.3 is 12.4 Å². The number of carbonyl (C=O) groups is 2. The molecule has 0 saturated heterocycles. The first-order chi connectivity index (χ1) is 18.7. The second-order valence-electron chi connectivity index (χ2n) is 8.51. The number of hydrogen-bond donors (Lipinski definition) is 2. The molecule has 2 aliphatic rings. The molecule has 0 radical (unpaired) electrons. The van der Waals surface area contributed by atoms with Gasteiger partial charge in [-0.3, -0.25) is 9.59 Å². The van der Waals surface area contributed by atoms with Gasteiger partial charge in [-0.05, 0) is 43.5 Å². The van der Waals surface area contributed by atoms with E-state index in [1.165, 1.54) is 18.6 Å². The van der Waals surface area contributed by atoms with Crippen molar-refractivity contribution in [2.45, 2.75) is 63.0 Å². The molecule has 0 aliphatic heterocycles. The van der Waals surface area contributed by atoms with Gasteiger partial charge in [0.15, 0.2) is 6.61 Å². The Morgan fingerprint density at radius 3 is 2.17 bits per heavy atom. The molecule has 3 rings (SSSR count). The molecule has 1 unspecified atom stereocenters. The van der Waals surface area contributed by atoms with Crippen molar-refractivity contribution in [2.24, 2.45) is 5.73 Å². The maximum atomic E-state index is 12.7. The van der Waals surface area contributed by atoms with Crippen LogP contribution in [0.25, 0.3) is 0 Å². The average molecular weight is 617 g/mol. The topological polar surface area (TPSA) is 90.7 Å². The van der Waals surface area contributed by atoms with Crippen molar-refractivity contribution in [3.63, 3.8) is 0 Å². The van der Waals surface area contributed by atoms with E-state index < -0.39 is 47.1 Å². The number of primary amides is 1. The normalized spacial score (nSPS) is 17.6. The van der Waals surface area contributed by atoms with Gasteiger partial charge in [-0.2, -0.15) is 26.3 Å². The lowest BCUT2D eigenvalue weighted by atomic mass is 9.95. The van der Waals surface area contributed by atoms with Crippen LogP contribution in [0.4, 0.5) is 26.3 Å². The molecular formula is C26H28Cl2F6N2O4. The molecule has 1 saturated carbocycles. The van der Waals surface area contributed by atoms with Gasteiger partial charge in [0, 0.05) is 11.1 Å². The van der Waals surface area contributed by atoms with E-state index in [4.69, 9.17) is 38.4 Å². The van der Waals surface area contributed by atoms with Crippen molar-refractivity contribution in [3.8, 4) is 18.6 Å². The molecule has 0 heterocycles. The highest BCUT2D eigenvalue weighted by molar-refractivity contribution is 6.32. The molecule has 6 nitrogen and oxygen atoms in total. The fourth-order valence-electron chi connectivity index (χ4n) is 3.67. The van der Waals surface area contributed by atoms with Crippen molar-refractivity contribution in [3.05, 3.63) is 51.5 Å². The van der Waals surface area contributed by atoms with Crippen LogP contribution in [0.2, 0.25) is 5.02 Å². The number of ether oxygens (including phenoxy) is 2. The smallest absolute Gasteiger partial charge is 0.417 e. The zero-order chi connectivity index (χ0) is 30.5. The minimum atomic E-state index is -4.57. The van der Waals surface area contributed by atoms with E-state index in [9.17, 15) is 35.9 Å². The van der Waals surface area contributed by atoms with Crippen LogP contribution in [-0.4, -0.2) is 43.4 Å². The van der Waals surface area contributed by atoms with Crippen molar-refractivity contribution in [1.82, 2.24) is 5.32 Å². The Labute approximate surface area is 237 Å². The summed E-state index contributed by atoms with van der Waals surface area (Å²) in [4.78, 5) is 22.1. The van der Waals surface area contributed by atoms with Crippen molar-refractivity contribution < 1.29 is 45.4 Å². The maximum absolute atomic E-state index is 12.7. The van der Waals surface area contributed by atoms with E-state index in [-0.39, 0.29) is 35.8 Å². The monoisotopic (exact) mass is 616 g/mol. The van der Waals surface area contributed by atoms with E-state index in [0.717, 1.165) is 37.8 Å². The van der Waals surface area contributed by atoms with Gasteiger partial charge in [0.25, 0.3) is 5.91 Å². The summed E-state index contributed by atoms with van der Waals surface area (Å²) in [5.74, 6) is -1.17. The van der Waals surface area contributed by atoms with Crippen LogP contribution >= 0.6 is 23.2 Å². The van der Waals surface area contributed by atoms with Crippen molar-refractivity contribution >= 4 is 35.0 Å². The summed E-state index contributed by atoms with van der Waals surface area (Å²) in [7, 11) is 0. The molecule has 2 aliphatic carbocycles. The number of rotatable bonds is 7. The Hall–Kier alpha value is -2.88. The molecule has 2 amide bonds. The summed E-state index contributed by atoms with van der Waals surface area (Å²) >= 11 is 10.9. The molecule has 222 valence electrons. The number of terminal acetylenes is 1. The van der Waals surface area contributed by atoms with Gasteiger partial charge in [0.05, 0.1) is 22.3 Å². The molecule has 1 fully saturated rings. The minimum absolute atomic E-state index is 0.115. The van der Waals surface area contributed by atoms with E-state index in [2.05, 4.69) is 18.2 Å². The summed E-state index contributed by atoms with van der Waals surface area (Å²) in [5, 5.41) is 2.11. The minimum Gasteiger partial charge on any atom is -0.484 e. The molecule has 0 spiro atoms. The number of benzene rings is 1. The average Bonchev–Trinajstić information content (AvgIpc) is 2.88. The third kappa shape index (κ3) is 12.5. The first-order valence-corrected chi connectivity index (χ1v) is 12.6. The molecule has 14 heteroatoms. The molecule has 0 bridgehead atoms. The van der Waals surface area contributed by atoms with Crippen LogP contribution in [0.1, 0.15) is 44.1 Å². The number of nitrogens with one attached hydrogen (secondary N) is 1. The van der Waals surface area contributed by atoms with Crippen LogP contribution in [0, 0.1) is 12.8 Å². The first kappa shape index (κ1) is 35.1. The Morgan fingerprint density at radius 2 is 1.62 bits per heavy atom. The second kappa shape index (κ2) is 16.4. The van der Waals surface area contributed by atoms with Crippen LogP contribution in [-0.2, 0) is 20.5 Å². The van der Waals surface area contributed by atoms with Crippen molar-refractivity contribution in [2.75, 3.05) is 13.2 Å². The lowest BCUT2D eigenvalue weighted by molar-refractivity contribution is -0.137. The van der Waals surface area contributed by atoms with Gasteiger partial charge in [0.1, 0.15) is 12.4 Å². The lowest BCUT2D eigenvalue weighted by Crippen LogP contribution is -2.39. The van der Waals surface area contributed by atoms with Crippen LogP contribution in [0.3, 0.4) is 0 Å². The zero-order valence-electron chi connectivity index (χ0n) is 21.1. The third-order valence-corrected chi connectivity index (χ3v) is 6.16. The maximum Gasteiger partial charge on any atom is 0.417 e. The number of hydrogen-bond acceptors (Lipinski definition) is 4. The van der Waals surface area contributed by atoms with Gasteiger partial charge in [-0.1, -0.05) is 48.5 Å². The SMILES string of the molecule is C#C.NC(=O)COc1ccc(Cl)c(C(F)(F)F)c1.O=C(COC1C=C(C(F)(F)F)C(Cl)=CC1)NC1CCCCC1. The molecule has 40 heavy (non-hydrogen) atoms. The largest absolute Gasteiger partial charge is 0.484 e. The highest BCUT2D eigenvalue weighted by Crippen LogP contribution is 2.37. The van der Waals surface area contributed by atoms with E-state index in [1.54, 1.807) is 0 Å². The molecule has 3 N–H and O–H groups in total. The predicted octanol–water partition coefficient (Wildman–Crippen LogP) is 6.31. The van der Waals surface area contributed by atoms with Gasteiger partial charge in [-0.15, -0.1) is 12.8 Å². The lowest BCUT2D eigenvalue weighted by Gasteiger charge is -2.24. The summed E-state index contributed by atoms with van der Waals surface area (Å²) in [6.07, 6.45) is 5.85. The summed E-state index contributed by atoms with van der Waals surface area (Å²) in [5.41, 5.74) is 2.86. The number of allylic oxidation sites excluding steroid dienone is 2. The molecule has 0 aromatic heterocycles. The van der Waals surface area contributed by atoms with Crippen molar-refractivity contribution in [1.29, 1.82) is 0 Å². The van der Waals surface area contributed by atoms with Gasteiger partial charge < -0.3 is 20.5 Å². The first-order valence-electron chi connectivity index (χ1n) is 11.8. The number of nitrogens with two attached hydrogens (primary N) is 1. The van der Waals surface area contributed by atoms with E-state index >= 15 is 0 Å². The Balaban J connectivity index is 0.000000394. The third-order valence-electron chi connectivity index (χ3n) is 5.47. The number of halogens is 8. The molecular weight excluding hydrogens is 589 g/mol. The fraction of sp³-hybridized carbons (Fsp3) is 0.462. The quantitative estimate of drug-likeness (QED) is 0.277. The van der Waals surface area contributed by atoms with Crippen LogP contribution < -0.4 is 15.8 Å². The highest BCUT2D eigenvalue weighted by Gasteiger charge is 2.37. The highest BCUT2D eigenvalue weighted by atomic mass is 35.5. The molecule has 1 atom stereocenters. The molecule has 1 aromatic rings. The Morgan fingerprint density at radius 1 is 1.00 bits per heavy atom. The molecule has 1 aromatic carbocycles. The standard InChI is InChI=1S/C15H19ClF3NO2.C9H7ClF3NO2.C2H2/c16-13-7-6-11(8-12(13)15(17,18)19)22-9-14(21)20-10-4-2-1-3-5-10;10-7-2-1-5(16-4-8(14)15)3-6(7)9(11,12)13;1-2/h7-8,10-11H,1-6,9H2,(H,20,21);1-3H,4H2,(H2,14,15);1-2H. The van der Waals surface area contributed by atoms with E-state index in [1.807, 2.05) is 0 Å². The van der Waals surface area contributed by atoms with Crippen LogP contribution in [0.5, 0.6) is 5.75 Å². The van der Waals surface area contributed by atoms with Gasteiger partial charge in [0.2, 0.25) is 5.91 Å². The number of alkyl halides is 6. The summed E-state index contributed by atoms with van der Waals surface area (Å²) in [6, 6.07) is 3.14. The summed E-state index contributed by atoms with van der Waals surface area (Å²) < 4.78 is 85.4. The van der Waals surface area contributed by atoms with Gasteiger partial charge in [-0.25, -0.2) is 0 Å². The van der Waals surface area contributed by atoms with Crippen LogP contribution in [0.15, 0.2) is 41.0 Å². The van der Waals surface area contributed by atoms with E-state index in [0.29, 0.717) is 6.07 Å². The Kier molecular flexibility index (Phi) is 14.4. The second-order valence-corrected chi connectivity index (χ2v) is 9.33. The fourth-order valence-corrected chi connectivity index (χ4v) is 4.16. The zero-order valence-corrected chi connectivity index (χ0v) is 22.6. The Bertz CT molecular complexity index is 1080. The summed E-state index contributed by atoms with van der Waals surface area (Å²) in [6.45, 7) is -0.729. The number of carbonyl (C=O) groups excluding carboxylic acids is 2. The number of amides is 2.